The summed E-state index contributed by atoms with van der Waals surface area (Å²) in [6.07, 6.45) is 2.00. The number of fused-ring (bicyclic) bond motifs is 6. The fraction of sp³-hybridized carbons (Fsp3) is 0. The standard InChI is InChI=1S/C53H35N3/c1-3-11-36(12-4-1)37-23-25-40(26-24-37)49-30-29-44(35-54-49)56-51-18-10-8-16-46(51)48-34-42(28-32-53(48)56)39-21-19-38(20-22-39)41-27-31-52-47(33-41)45-15-7-9-17-50(45)55(52)43-13-5-2-6-14-43/h1-35H. The Morgan fingerprint density at radius 3 is 1.21 bits per heavy atom. The number of nitrogens with zero attached hydrogens (tertiary/aromatic N) is 3. The molecule has 11 aromatic rings. The van der Waals surface area contributed by atoms with Gasteiger partial charge in [0.15, 0.2) is 0 Å². The first-order valence-electron chi connectivity index (χ1n) is 19.1. The lowest BCUT2D eigenvalue weighted by molar-refractivity contribution is 1.14. The third-order valence-corrected chi connectivity index (χ3v) is 11.2. The molecule has 0 spiro atoms. The number of para-hydroxylation sites is 3. The van der Waals surface area contributed by atoms with E-state index in [1.54, 1.807) is 0 Å². The summed E-state index contributed by atoms with van der Waals surface area (Å²) < 4.78 is 4.69. The number of benzene rings is 8. The van der Waals surface area contributed by atoms with Crippen LogP contribution >= 0.6 is 0 Å². The molecule has 3 heteroatoms. The molecule has 0 saturated heterocycles. The summed E-state index contributed by atoms with van der Waals surface area (Å²) in [5.41, 5.74) is 16.3. The number of hydrogen-bond acceptors (Lipinski definition) is 1. The van der Waals surface area contributed by atoms with E-state index in [1.807, 2.05) is 12.3 Å². The van der Waals surface area contributed by atoms with E-state index in [-0.39, 0.29) is 0 Å². The van der Waals surface area contributed by atoms with Crippen molar-refractivity contribution in [3.05, 3.63) is 212 Å². The second-order valence-corrected chi connectivity index (χ2v) is 14.4. The Hall–Kier alpha value is -7.49. The maximum atomic E-state index is 4.94. The van der Waals surface area contributed by atoms with Crippen LogP contribution in [0.5, 0.6) is 0 Å². The summed E-state index contributed by atoms with van der Waals surface area (Å²) >= 11 is 0. The van der Waals surface area contributed by atoms with Gasteiger partial charge in [-0.2, -0.15) is 0 Å². The molecule has 0 aliphatic heterocycles. The van der Waals surface area contributed by atoms with Gasteiger partial charge in [-0.3, -0.25) is 4.98 Å². The van der Waals surface area contributed by atoms with Crippen molar-refractivity contribution in [2.75, 3.05) is 0 Å². The third kappa shape index (κ3) is 5.32. The maximum Gasteiger partial charge on any atom is 0.0703 e. The first-order chi connectivity index (χ1) is 27.8. The van der Waals surface area contributed by atoms with Crippen molar-refractivity contribution in [2.24, 2.45) is 0 Å². The van der Waals surface area contributed by atoms with Crippen molar-refractivity contribution in [2.45, 2.75) is 0 Å². The first kappa shape index (κ1) is 32.0. The zero-order valence-corrected chi connectivity index (χ0v) is 30.5. The minimum absolute atomic E-state index is 0.957. The summed E-state index contributed by atoms with van der Waals surface area (Å²) in [7, 11) is 0. The number of rotatable bonds is 6. The molecule has 0 fully saturated rings. The van der Waals surface area contributed by atoms with Gasteiger partial charge in [0.25, 0.3) is 0 Å². The Balaban J connectivity index is 0.918. The molecule has 3 heterocycles. The lowest BCUT2D eigenvalue weighted by Crippen LogP contribution is -1.95. The van der Waals surface area contributed by atoms with E-state index in [4.69, 9.17) is 4.98 Å². The molecule has 8 aromatic carbocycles. The molecule has 3 nitrogen and oxygen atoms in total. The normalized spacial score (nSPS) is 11.6. The largest absolute Gasteiger partial charge is 0.309 e. The monoisotopic (exact) mass is 713 g/mol. The van der Waals surface area contributed by atoms with Crippen LogP contribution in [0.15, 0.2) is 212 Å². The SMILES string of the molecule is c1ccc(-c2ccc(-c3ccc(-n4c5ccccc5c5cc(-c6ccc(-c7ccc8c(c7)c7ccccc7n8-c7ccccc7)cc6)ccc54)cn3)cc2)cc1. The van der Waals surface area contributed by atoms with Gasteiger partial charge >= 0.3 is 0 Å². The molecule has 262 valence electrons. The van der Waals surface area contributed by atoms with Crippen LogP contribution in [0.25, 0.3) is 99.6 Å². The molecule has 56 heavy (non-hydrogen) atoms. The molecule has 0 amide bonds. The third-order valence-electron chi connectivity index (χ3n) is 11.2. The van der Waals surface area contributed by atoms with Crippen molar-refractivity contribution >= 4 is 43.6 Å². The van der Waals surface area contributed by atoms with Crippen molar-refractivity contribution < 1.29 is 0 Å². The predicted molar refractivity (Wildman–Crippen MR) is 235 cm³/mol. The van der Waals surface area contributed by atoms with Gasteiger partial charge in [-0.25, -0.2) is 0 Å². The number of pyridine rings is 1. The van der Waals surface area contributed by atoms with Crippen LogP contribution < -0.4 is 0 Å². The minimum atomic E-state index is 0.957. The van der Waals surface area contributed by atoms with E-state index in [9.17, 15) is 0 Å². The van der Waals surface area contributed by atoms with Crippen LogP contribution in [0.4, 0.5) is 0 Å². The lowest BCUT2D eigenvalue weighted by Gasteiger charge is -2.10. The maximum absolute atomic E-state index is 4.94. The van der Waals surface area contributed by atoms with Crippen LogP contribution in [0.3, 0.4) is 0 Å². The van der Waals surface area contributed by atoms with Gasteiger partial charge in [0.2, 0.25) is 0 Å². The van der Waals surface area contributed by atoms with Crippen molar-refractivity contribution in [1.29, 1.82) is 0 Å². The Labute approximate surface area is 325 Å². The Morgan fingerprint density at radius 1 is 0.268 bits per heavy atom. The molecule has 0 radical (unpaired) electrons. The highest BCUT2D eigenvalue weighted by Gasteiger charge is 2.16. The van der Waals surface area contributed by atoms with Gasteiger partial charge in [-0.15, -0.1) is 0 Å². The molecule has 0 N–H and O–H groups in total. The highest BCUT2D eigenvalue weighted by molar-refractivity contribution is 6.11. The molecule has 0 atom stereocenters. The molecule has 0 bridgehead atoms. The van der Waals surface area contributed by atoms with E-state index in [0.29, 0.717) is 0 Å². The Bertz CT molecular complexity index is 3190. The van der Waals surface area contributed by atoms with Gasteiger partial charge in [-0.1, -0.05) is 146 Å². The van der Waals surface area contributed by atoms with E-state index in [1.165, 1.54) is 77.2 Å². The summed E-state index contributed by atoms with van der Waals surface area (Å²) in [6, 6.07) is 74.1. The summed E-state index contributed by atoms with van der Waals surface area (Å²) in [6.45, 7) is 0. The zero-order chi connectivity index (χ0) is 37.0. The molecular weight excluding hydrogens is 679 g/mol. The fourth-order valence-electron chi connectivity index (χ4n) is 8.45. The average Bonchev–Trinajstić information content (AvgIpc) is 3.79. The molecule has 3 aromatic heterocycles. The van der Waals surface area contributed by atoms with E-state index >= 15 is 0 Å². The molecule has 0 unspecified atom stereocenters. The van der Waals surface area contributed by atoms with Gasteiger partial charge in [-0.05, 0) is 94.0 Å². The van der Waals surface area contributed by atoms with Crippen LogP contribution in [0.2, 0.25) is 0 Å². The van der Waals surface area contributed by atoms with Crippen LogP contribution in [0.1, 0.15) is 0 Å². The predicted octanol–water partition coefficient (Wildman–Crippen LogP) is 13.9. The summed E-state index contributed by atoms with van der Waals surface area (Å²) in [4.78, 5) is 4.94. The van der Waals surface area contributed by atoms with E-state index < -0.39 is 0 Å². The molecule has 0 aliphatic carbocycles. The van der Waals surface area contributed by atoms with Gasteiger partial charge < -0.3 is 9.13 Å². The highest BCUT2D eigenvalue weighted by atomic mass is 15.0. The Kier molecular flexibility index (Phi) is 7.49. The zero-order valence-electron chi connectivity index (χ0n) is 30.5. The van der Waals surface area contributed by atoms with E-state index in [0.717, 1.165) is 22.5 Å². The molecular formula is C53H35N3. The second-order valence-electron chi connectivity index (χ2n) is 14.4. The quantitative estimate of drug-likeness (QED) is 0.168. The van der Waals surface area contributed by atoms with Gasteiger partial charge in [0.05, 0.1) is 39.6 Å². The molecule has 11 rings (SSSR count). The van der Waals surface area contributed by atoms with Crippen molar-refractivity contribution in [1.82, 2.24) is 14.1 Å². The van der Waals surface area contributed by atoms with Crippen LogP contribution in [-0.2, 0) is 0 Å². The highest BCUT2D eigenvalue weighted by Crippen LogP contribution is 2.38. The molecule has 0 saturated carbocycles. The smallest absolute Gasteiger partial charge is 0.0703 e. The number of hydrogen-bond donors (Lipinski definition) is 0. The summed E-state index contributed by atoms with van der Waals surface area (Å²) in [5, 5.41) is 4.97. The Morgan fingerprint density at radius 2 is 0.679 bits per heavy atom. The topological polar surface area (TPSA) is 22.8 Å². The number of aromatic nitrogens is 3. The first-order valence-corrected chi connectivity index (χ1v) is 19.1. The van der Waals surface area contributed by atoms with Gasteiger partial charge in [0, 0.05) is 32.8 Å². The second kappa shape index (κ2) is 13.1. The lowest BCUT2D eigenvalue weighted by atomic mass is 9.98. The van der Waals surface area contributed by atoms with Crippen LogP contribution in [0, 0.1) is 0 Å². The van der Waals surface area contributed by atoms with E-state index in [2.05, 4.69) is 209 Å². The summed E-state index contributed by atoms with van der Waals surface area (Å²) in [5.74, 6) is 0. The van der Waals surface area contributed by atoms with Crippen molar-refractivity contribution in [3.8, 4) is 56.0 Å². The average molecular weight is 714 g/mol. The van der Waals surface area contributed by atoms with Crippen molar-refractivity contribution in [3.63, 3.8) is 0 Å². The fourth-order valence-corrected chi connectivity index (χ4v) is 8.45. The minimum Gasteiger partial charge on any atom is -0.309 e. The van der Waals surface area contributed by atoms with Crippen LogP contribution in [-0.4, -0.2) is 14.1 Å². The van der Waals surface area contributed by atoms with Gasteiger partial charge in [0.1, 0.15) is 0 Å². The molecule has 0 aliphatic rings.